The summed E-state index contributed by atoms with van der Waals surface area (Å²) in [7, 11) is 0. The van der Waals surface area contributed by atoms with Gasteiger partial charge in [-0.15, -0.1) is 0 Å². The summed E-state index contributed by atoms with van der Waals surface area (Å²) in [5, 5.41) is 2.16. The molecule has 1 aliphatic rings. The molecular weight excluding hydrogens is 356 g/mol. The molecule has 0 saturated carbocycles. The van der Waals surface area contributed by atoms with Gasteiger partial charge in [0.15, 0.2) is 0 Å². The zero-order chi connectivity index (χ0) is 18.5. The normalized spacial score (nSPS) is 15.6. The van der Waals surface area contributed by atoms with E-state index in [1.165, 1.54) is 12.3 Å². The van der Waals surface area contributed by atoms with E-state index in [9.17, 15) is 14.4 Å². The van der Waals surface area contributed by atoms with Crippen LogP contribution in [0.1, 0.15) is 12.7 Å². The topological polar surface area (TPSA) is 88.8 Å². The van der Waals surface area contributed by atoms with E-state index in [0.29, 0.717) is 23.8 Å². The van der Waals surface area contributed by atoms with Crippen LogP contribution in [0.2, 0.25) is 0 Å². The fourth-order valence-corrected chi connectivity index (χ4v) is 3.10. The van der Waals surface area contributed by atoms with E-state index in [0.717, 1.165) is 16.7 Å². The number of hydrogen-bond acceptors (Lipinski definition) is 6. The zero-order valence-electron chi connectivity index (χ0n) is 13.9. The first-order valence-electron chi connectivity index (χ1n) is 7.88. The smallest absolute Gasteiger partial charge is 0.294 e. The van der Waals surface area contributed by atoms with Gasteiger partial charge >= 0.3 is 0 Å². The lowest BCUT2D eigenvalue weighted by Crippen LogP contribution is -2.36. The largest absolute Gasteiger partial charge is 0.494 e. The van der Waals surface area contributed by atoms with Crippen LogP contribution in [-0.2, 0) is 9.59 Å². The molecule has 0 radical (unpaired) electrons. The number of carbonyl (C=O) groups is 3. The standard InChI is InChI=1S/C18H16N2O5S/c1-2-24-13-7-5-12(6-8-13)19-16(21)11-20-17(22)15(26-18(20)23)10-14-4-3-9-25-14/h3-10H,2,11H2,1H3,(H,19,21)/b15-10+. The lowest BCUT2D eigenvalue weighted by atomic mass is 10.3. The molecule has 0 aliphatic carbocycles. The third-order valence-corrected chi connectivity index (χ3v) is 4.35. The zero-order valence-corrected chi connectivity index (χ0v) is 14.7. The van der Waals surface area contributed by atoms with Gasteiger partial charge in [0.05, 0.1) is 17.8 Å². The maximum absolute atomic E-state index is 12.3. The van der Waals surface area contributed by atoms with Crippen molar-refractivity contribution in [3.8, 4) is 5.75 Å². The number of imide groups is 1. The van der Waals surface area contributed by atoms with E-state index >= 15 is 0 Å². The summed E-state index contributed by atoms with van der Waals surface area (Å²) in [4.78, 5) is 37.6. The molecule has 1 fully saturated rings. The average molecular weight is 372 g/mol. The highest BCUT2D eigenvalue weighted by Crippen LogP contribution is 2.32. The maximum Gasteiger partial charge on any atom is 0.294 e. The second-order valence-corrected chi connectivity index (χ2v) is 6.28. The molecule has 1 saturated heterocycles. The number of nitrogens with zero attached hydrogens (tertiary/aromatic N) is 1. The van der Waals surface area contributed by atoms with E-state index in [4.69, 9.17) is 9.15 Å². The molecule has 2 heterocycles. The number of ether oxygens (including phenoxy) is 1. The molecule has 26 heavy (non-hydrogen) atoms. The predicted octanol–water partition coefficient (Wildman–Crippen LogP) is 3.35. The minimum absolute atomic E-state index is 0.221. The fraction of sp³-hybridized carbons (Fsp3) is 0.167. The van der Waals surface area contributed by atoms with Gasteiger partial charge in [0, 0.05) is 11.8 Å². The van der Waals surface area contributed by atoms with Crippen molar-refractivity contribution in [1.29, 1.82) is 0 Å². The molecule has 3 rings (SSSR count). The Balaban J connectivity index is 1.62. The summed E-state index contributed by atoms with van der Waals surface area (Å²) in [6.45, 7) is 2.08. The van der Waals surface area contributed by atoms with Crippen molar-refractivity contribution in [2.45, 2.75) is 6.92 Å². The van der Waals surface area contributed by atoms with Crippen molar-refractivity contribution in [1.82, 2.24) is 4.90 Å². The second-order valence-electron chi connectivity index (χ2n) is 5.29. The molecule has 0 unspecified atom stereocenters. The van der Waals surface area contributed by atoms with E-state index in [1.54, 1.807) is 36.4 Å². The highest BCUT2D eigenvalue weighted by atomic mass is 32.2. The number of hydrogen-bond donors (Lipinski definition) is 1. The number of anilines is 1. The molecule has 0 bridgehead atoms. The van der Waals surface area contributed by atoms with Crippen LogP contribution in [0.25, 0.3) is 6.08 Å². The molecule has 8 heteroatoms. The van der Waals surface area contributed by atoms with E-state index in [2.05, 4.69) is 5.32 Å². The first-order valence-corrected chi connectivity index (χ1v) is 8.70. The van der Waals surface area contributed by atoms with Gasteiger partial charge in [-0.2, -0.15) is 0 Å². The summed E-state index contributed by atoms with van der Waals surface area (Å²) >= 11 is 0.778. The Morgan fingerprint density at radius 2 is 2.04 bits per heavy atom. The molecule has 134 valence electrons. The Morgan fingerprint density at radius 3 is 2.69 bits per heavy atom. The quantitative estimate of drug-likeness (QED) is 0.782. The first-order chi connectivity index (χ1) is 12.6. The predicted molar refractivity (Wildman–Crippen MR) is 97.6 cm³/mol. The molecule has 2 aromatic rings. The van der Waals surface area contributed by atoms with Crippen LogP contribution in [0, 0.1) is 0 Å². The molecule has 7 nitrogen and oxygen atoms in total. The second kappa shape index (κ2) is 7.92. The number of rotatable bonds is 6. The van der Waals surface area contributed by atoms with Crippen molar-refractivity contribution in [2.75, 3.05) is 18.5 Å². The van der Waals surface area contributed by atoms with Crippen molar-refractivity contribution in [3.05, 3.63) is 53.3 Å². The van der Waals surface area contributed by atoms with Gasteiger partial charge in [-0.3, -0.25) is 19.3 Å². The minimum Gasteiger partial charge on any atom is -0.494 e. The minimum atomic E-state index is -0.516. The van der Waals surface area contributed by atoms with Crippen LogP contribution in [0.5, 0.6) is 5.75 Å². The number of thioether (sulfide) groups is 1. The van der Waals surface area contributed by atoms with Crippen molar-refractivity contribution < 1.29 is 23.5 Å². The molecule has 1 N–H and O–H groups in total. The van der Waals surface area contributed by atoms with Crippen LogP contribution in [-0.4, -0.2) is 35.1 Å². The van der Waals surface area contributed by atoms with Crippen LogP contribution in [0.15, 0.2) is 52.0 Å². The van der Waals surface area contributed by atoms with Crippen molar-refractivity contribution in [3.63, 3.8) is 0 Å². The fourth-order valence-electron chi connectivity index (χ4n) is 2.28. The van der Waals surface area contributed by atoms with Gasteiger partial charge in [-0.25, -0.2) is 0 Å². The van der Waals surface area contributed by atoms with Gasteiger partial charge in [-0.05, 0) is 55.1 Å². The molecule has 1 aromatic carbocycles. The van der Waals surface area contributed by atoms with Crippen molar-refractivity contribution >= 4 is 40.6 Å². The van der Waals surface area contributed by atoms with Crippen LogP contribution >= 0.6 is 11.8 Å². The number of benzene rings is 1. The van der Waals surface area contributed by atoms with Crippen LogP contribution < -0.4 is 10.1 Å². The summed E-state index contributed by atoms with van der Waals surface area (Å²) in [6.07, 6.45) is 2.95. The lowest BCUT2D eigenvalue weighted by Gasteiger charge is -2.12. The van der Waals surface area contributed by atoms with Crippen LogP contribution in [0.3, 0.4) is 0 Å². The Kier molecular flexibility index (Phi) is 5.43. The van der Waals surface area contributed by atoms with Crippen molar-refractivity contribution in [2.24, 2.45) is 0 Å². The monoisotopic (exact) mass is 372 g/mol. The molecule has 0 atom stereocenters. The van der Waals surface area contributed by atoms with E-state index < -0.39 is 17.1 Å². The number of nitrogens with one attached hydrogen (secondary N) is 1. The Labute approximate surface area is 154 Å². The number of carbonyl (C=O) groups excluding carboxylic acids is 3. The molecule has 1 aliphatic heterocycles. The highest BCUT2D eigenvalue weighted by Gasteiger charge is 2.36. The van der Waals surface area contributed by atoms with Gasteiger partial charge in [0.25, 0.3) is 11.1 Å². The summed E-state index contributed by atoms with van der Waals surface area (Å²) in [5.41, 5.74) is 0.552. The Morgan fingerprint density at radius 1 is 1.27 bits per heavy atom. The molecule has 3 amide bonds. The van der Waals surface area contributed by atoms with Gasteiger partial charge in [0.1, 0.15) is 18.1 Å². The molecule has 1 aromatic heterocycles. The SMILES string of the molecule is CCOc1ccc(NC(=O)CN2C(=O)S/C(=C/c3ccco3)C2=O)cc1. The third kappa shape index (κ3) is 4.15. The summed E-state index contributed by atoms with van der Waals surface area (Å²) in [5.74, 6) is 0.183. The Bertz CT molecular complexity index is 843. The number of furan rings is 1. The molecule has 0 spiro atoms. The average Bonchev–Trinajstić information content (AvgIpc) is 3.21. The van der Waals surface area contributed by atoms with Gasteiger partial charge < -0.3 is 14.5 Å². The number of amides is 3. The Hall–Kier alpha value is -3.00. The summed E-state index contributed by atoms with van der Waals surface area (Å²) in [6, 6.07) is 10.2. The first kappa shape index (κ1) is 17.8. The van der Waals surface area contributed by atoms with Gasteiger partial charge in [0.2, 0.25) is 5.91 Å². The maximum atomic E-state index is 12.3. The van der Waals surface area contributed by atoms with E-state index in [1.807, 2.05) is 6.92 Å². The summed E-state index contributed by atoms with van der Waals surface area (Å²) < 4.78 is 10.5. The van der Waals surface area contributed by atoms with E-state index in [-0.39, 0.29) is 11.4 Å². The lowest BCUT2D eigenvalue weighted by molar-refractivity contribution is -0.127. The van der Waals surface area contributed by atoms with Gasteiger partial charge in [-0.1, -0.05) is 0 Å². The molecular formula is C18H16N2O5S. The third-order valence-electron chi connectivity index (χ3n) is 3.44. The van der Waals surface area contributed by atoms with Crippen LogP contribution in [0.4, 0.5) is 10.5 Å². The highest BCUT2D eigenvalue weighted by molar-refractivity contribution is 8.18.